The Kier molecular flexibility index (Phi) is 3.42. The summed E-state index contributed by atoms with van der Waals surface area (Å²) in [5.74, 6) is -0.0995. The van der Waals surface area contributed by atoms with E-state index in [-0.39, 0.29) is 18.9 Å². The topological polar surface area (TPSA) is 70.1 Å². The fourth-order valence-electron chi connectivity index (χ4n) is 1.80. The van der Waals surface area contributed by atoms with E-state index in [2.05, 4.69) is 0 Å². The largest absolute Gasteiger partial charge is 0.465 e. The van der Waals surface area contributed by atoms with Crippen molar-refractivity contribution in [2.45, 2.75) is 32.0 Å². The molecule has 0 aromatic carbocycles. The average molecular weight is 230 g/mol. The molecule has 1 heterocycles. The fourth-order valence-corrected chi connectivity index (χ4v) is 1.80. The number of nitrogens with zero attached hydrogens (tertiary/aromatic N) is 2. The van der Waals surface area contributed by atoms with Crippen LogP contribution in [0.4, 0.5) is 4.79 Å². The average Bonchev–Trinajstić information content (AvgIpc) is 2.40. The summed E-state index contributed by atoms with van der Waals surface area (Å²) in [7, 11) is 3.29. The Balaban J connectivity index is 2.75. The quantitative estimate of drug-likeness (QED) is 0.753. The minimum absolute atomic E-state index is 0.0995. The Morgan fingerprint density at radius 2 is 2.06 bits per heavy atom. The van der Waals surface area contributed by atoms with E-state index in [1.54, 1.807) is 27.9 Å². The van der Waals surface area contributed by atoms with Gasteiger partial charge in [0.1, 0.15) is 5.72 Å². The number of amides is 2. The first-order valence-electron chi connectivity index (χ1n) is 5.12. The zero-order chi connectivity index (χ0) is 12.5. The van der Waals surface area contributed by atoms with Crippen LogP contribution in [0.15, 0.2) is 0 Å². The van der Waals surface area contributed by atoms with E-state index < -0.39 is 17.9 Å². The van der Waals surface area contributed by atoms with Crippen LogP contribution in [0.1, 0.15) is 20.3 Å². The first kappa shape index (κ1) is 12.8. The molecule has 0 unspecified atom stereocenters. The van der Waals surface area contributed by atoms with Crippen molar-refractivity contribution in [1.29, 1.82) is 0 Å². The zero-order valence-electron chi connectivity index (χ0n) is 10.1. The SMILES string of the molecule is CN(C)C(=O)C[C@@H]1COC(C)(C)N1C(=O)O. The number of carbonyl (C=O) groups is 2. The lowest BCUT2D eigenvalue weighted by atomic mass is 10.1. The minimum Gasteiger partial charge on any atom is -0.465 e. The van der Waals surface area contributed by atoms with Crippen LogP contribution in [0.5, 0.6) is 0 Å². The number of carbonyl (C=O) groups excluding carboxylic acids is 1. The first-order valence-corrected chi connectivity index (χ1v) is 5.12. The number of ether oxygens (including phenoxy) is 1. The normalized spacial score (nSPS) is 23.2. The molecule has 1 fully saturated rings. The van der Waals surface area contributed by atoms with Crippen LogP contribution < -0.4 is 0 Å². The molecule has 1 atom stereocenters. The van der Waals surface area contributed by atoms with Crippen molar-refractivity contribution in [2.24, 2.45) is 0 Å². The molecule has 92 valence electrons. The smallest absolute Gasteiger partial charge is 0.409 e. The number of hydrogen-bond donors (Lipinski definition) is 1. The van der Waals surface area contributed by atoms with Gasteiger partial charge in [0, 0.05) is 20.5 Å². The molecule has 6 nitrogen and oxygen atoms in total. The highest BCUT2D eigenvalue weighted by atomic mass is 16.5. The van der Waals surface area contributed by atoms with Crippen molar-refractivity contribution in [1.82, 2.24) is 9.80 Å². The maximum absolute atomic E-state index is 11.5. The van der Waals surface area contributed by atoms with E-state index in [9.17, 15) is 9.59 Å². The van der Waals surface area contributed by atoms with E-state index in [1.165, 1.54) is 9.80 Å². The predicted molar refractivity (Wildman–Crippen MR) is 57.0 cm³/mol. The summed E-state index contributed by atoms with van der Waals surface area (Å²) >= 11 is 0. The highest BCUT2D eigenvalue weighted by Gasteiger charge is 2.44. The van der Waals surface area contributed by atoms with Gasteiger partial charge in [-0.25, -0.2) is 4.79 Å². The van der Waals surface area contributed by atoms with Gasteiger partial charge in [0.25, 0.3) is 0 Å². The highest BCUT2D eigenvalue weighted by Crippen LogP contribution is 2.28. The van der Waals surface area contributed by atoms with Gasteiger partial charge in [-0.05, 0) is 13.8 Å². The molecule has 2 amide bonds. The lowest BCUT2D eigenvalue weighted by Crippen LogP contribution is -2.48. The summed E-state index contributed by atoms with van der Waals surface area (Å²) in [5.41, 5.74) is -0.858. The van der Waals surface area contributed by atoms with Crippen molar-refractivity contribution in [2.75, 3.05) is 20.7 Å². The number of rotatable bonds is 2. The van der Waals surface area contributed by atoms with Gasteiger partial charge in [-0.3, -0.25) is 9.69 Å². The monoisotopic (exact) mass is 230 g/mol. The van der Waals surface area contributed by atoms with Gasteiger partial charge < -0.3 is 14.7 Å². The van der Waals surface area contributed by atoms with Gasteiger partial charge in [-0.15, -0.1) is 0 Å². The molecule has 0 aliphatic carbocycles. The molecule has 0 bridgehead atoms. The van der Waals surface area contributed by atoms with Crippen molar-refractivity contribution >= 4 is 12.0 Å². The Bertz CT molecular complexity index is 301. The van der Waals surface area contributed by atoms with Gasteiger partial charge >= 0.3 is 6.09 Å². The van der Waals surface area contributed by atoms with Gasteiger partial charge in [-0.2, -0.15) is 0 Å². The molecule has 1 N–H and O–H groups in total. The summed E-state index contributed by atoms with van der Waals surface area (Å²) in [6, 6.07) is -0.401. The molecular formula is C10H18N2O4. The van der Waals surface area contributed by atoms with Gasteiger partial charge in [0.15, 0.2) is 0 Å². The second-order valence-corrected chi connectivity index (χ2v) is 4.56. The van der Waals surface area contributed by atoms with Crippen LogP contribution in [0.2, 0.25) is 0 Å². The second kappa shape index (κ2) is 4.29. The van der Waals surface area contributed by atoms with Gasteiger partial charge in [0.2, 0.25) is 5.91 Å². The third-order valence-electron chi connectivity index (χ3n) is 2.69. The lowest BCUT2D eigenvalue weighted by Gasteiger charge is -2.31. The molecule has 1 saturated heterocycles. The molecule has 0 spiro atoms. The van der Waals surface area contributed by atoms with Gasteiger partial charge in [-0.1, -0.05) is 0 Å². The van der Waals surface area contributed by atoms with Crippen LogP contribution >= 0.6 is 0 Å². The lowest BCUT2D eigenvalue weighted by molar-refractivity contribution is -0.129. The van der Waals surface area contributed by atoms with Crippen molar-refractivity contribution in [3.8, 4) is 0 Å². The Morgan fingerprint density at radius 1 is 1.50 bits per heavy atom. The highest BCUT2D eigenvalue weighted by molar-refractivity contribution is 5.77. The van der Waals surface area contributed by atoms with Crippen LogP contribution in [-0.4, -0.2) is 59.4 Å². The molecule has 0 radical (unpaired) electrons. The molecule has 0 aromatic heterocycles. The van der Waals surface area contributed by atoms with E-state index in [0.29, 0.717) is 0 Å². The molecule has 0 saturated carbocycles. The molecule has 6 heteroatoms. The summed E-state index contributed by atoms with van der Waals surface area (Å²) in [5, 5.41) is 9.09. The van der Waals surface area contributed by atoms with Crippen LogP contribution in [-0.2, 0) is 9.53 Å². The van der Waals surface area contributed by atoms with E-state index >= 15 is 0 Å². The Hall–Kier alpha value is -1.30. The summed E-state index contributed by atoms with van der Waals surface area (Å²) in [4.78, 5) is 25.3. The van der Waals surface area contributed by atoms with E-state index in [0.717, 1.165) is 0 Å². The molecule has 1 aliphatic heterocycles. The Morgan fingerprint density at radius 3 is 2.50 bits per heavy atom. The van der Waals surface area contributed by atoms with Crippen LogP contribution in [0, 0.1) is 0 Å². The maximum atomic E-state index is 11.5. The summed E-state index contributed by atoms with van der Waals surface area (Å²) < 4.78 is 5.38. The van der Waals surface area contributed by atoms with Gasteiger partial charge in [0.05, 0.1) is 12.6 Å². The third-order valence-corrected chi connectivity index (χ3v) is 2.69. The standard InChI is InChI=1S/C10H18N2O4/c1-10(2)12(9(14)15)7(6-16-10)5-8(13)11(3)4/h7H,5-6H2,1-4H3,(H,14,15)/t7-/m1/s1. The molecule has 1 rings (SSSR count). The Labute approximate surface area is 94.8 Å². The summed E-state index contributed by atoms with van der Waals surface area (Å²) in [6.45, 7) is 3.63. The minimum atomic E-state index is -1.06. The molecular weight excluding hydrogens is 212 g/mol. The second-order valence-electron chi connectivity index (χ2n) is 4.56. The number of hydrogen-bond acceptors (Lipinski definition) is 3. The predicted octanol–water partition coefficient (Wildman–Crippen LogP) is 0.580. The van der Waals surface area contributed by atoms with Crippen molar-refractivity contribution in [3.05, 3.63) is 0 Å². The molecule has 1 aliphatic rings. The van der Waals surface area contributed by atoms with Crippen molar-refractivity contribution in [3.63, 3.8) is 0 Å². The third kappa shape index (κ3) is 2.44. The summed E-state index contributed by atoms with van der Waals surface area (Å²) in [6.07, 6.45) is -0.901. The maximum Gasteiger partial charge on any atom is 0.409 e. The van der Waals surface area contributed by atoms with Crippen LogP contribution in [0.3, 0.4) is 0 Å². The molecule has 16 heavy (non-hydrogen) atoms. The van der Waals surface area contributed by atoms with E-state index in [4.69, 9.17) is 9.84 Å². The molecule has 0 aromatic rings. The fraction of sp³-hybridized carbons (Fsp3) is 0.800. The van der Waals surface area contributed by atoms with Crippen molar-refractivity contribution < 1.29 is 19.4 Å². The van der Waals surface area contributed by atoms with E-state index in [1.807, 2.05) is 0 Å². The zero-order valence-corrected chi connectivity index (χ0v) is 10.1. The van der Waals surface area contributed by atoms with Crippen LogP contribution in [0.25, 0.3) is 0 Å². The number of carboxylic acid groups (broad SMARTS) is 1. The first-order chi connectivity index (χ1) is 7.25.